The highest BCUT2D eigenvalue weighted by molar-refractivity contribution is 7.15. The lowest BCUT2D eigenvalue weighted by Gasteiger charge is -2.28. The van der Waals surface area contributed by atoms with Crippen molar-refractivity contribution >= 4 is 17.2 Å². The molecule has 0 radical (unpaired) electrons. The van der Waals surface area contributed by atoms with Gasteiger partial charge in [0.2, 0.25) is 5.88 Å². The Labute approximate surface area is 185 Å². The fraction of sp³-hybridized carbons (Fsp3) is 0.435. The topological polar surface area (TPSA) is 80.5 Å². The van der Waals surface area contributed by atoms with E-state index >= 15 is 0 Å². The maximum atomic E-state index is 13.2. The van der Waals surface area contributed by atoms with Gasteiger partial charge in [0, 0.05) is 41.3 Å². The number of carbonyl (C=O) groups excluding carboxylic acids is 1. The van der Waals surface area contributed by atoms with Gasteiger partial charge in [0.15, 0.2) is 0 Å². The fourth-order valence-corrected chi connectivity index (χ4v) is 5.57. The summed E-state index contributed by atoms with van der Waals surface area (Å²) < 4.78 is 7.86. The third kappa shape index (κ3) is 3.85. The molecule has 2 aliphatic rings. The van der Waals surface area contributed by atoms with Crippen LogP contribution in [0.1, 0.15) is 52.2 Å². The lowest BCUT2D eigenvalue weighted by Crippen LogP contribution is -2.35. The van der Waals surface area contributed by atoms with Crippen molar-refractivity contribution < 1.29 is 14.6 Å². The molecule has 4 heterocycles. The third-order valence-corrected chi connectivity index (χ3v) is 7.19. The highest BCUT2D eigenvalue weighted by Crippen LogP contribution is 2.35. The maximum Gasteiger partial charge on any atom is 0.260 e. The molecule has 1 N–H and O–H groups in total. The van der Waals surface area contributed by atoms with Gasteiger partial charge < -0.3 is 14.7 Å². The van der Waals surface area contributed by atoms with Crippen LogP contribution in [0.15, 0.2) is 30.6 Å². The smallest absolute Gasteiger partial charge is 0.260 e. The number of amides is 1. The minimum atomic E-state index is -0.500. The largest absolute Gasteiger partial charge is 0.471 e. The van der Waals surface area contributed by atoms with Crippen LogP contribution < -0.4 is 4.74 Å². The molecule has 8 heteroatoms. The second-order valence-corrected chi connectivity index (χ2v) is 9.56. The van der Waals surface area contributed by atoms with Gasteiger partial charge >= 0.3 is 0 Å². The standard InChI is InChI=1S/C23H26N4O3S/c1-14-17(13-26(2)25-14)20-8-7-16(31-20)12-27-11-15-9-10-24-22(21(15)23(27)29)30-19-6-4-3-5-18(19)28/h7-10,13,18-19,28H,3-6,11-12H2,1-2H3/t18-,19-/m0/s1. The molecule has 5 rings (SSSR count). The van der Waals surface area contributed by atoms with E-state index < -0.39 is 6.10 Å². The number of aromatic nitrogens is 3. The van der Waals surface area contributed by atoms with Crippen molar-refractivity contribution in [1.82, 2.24) is 19.7 Å². The first-order valence-corrected chi connectivity index (χ1v) is 11.5. The van der Waals surface area contributed by atoms with Crippen LogP contribution >= 0.6 is 11.3 Å². The van der Waals surface area contributed by atoms with Gasteiger partial charge in [0.25, 0.3) is 5.91 Å². The van der Waals surface area contributed by atoms with Crippen molar-refractivity contribution in [3.05, 3.63) is 52.3 Å². The number of aliphatic hydroxyl groups excluding tert-OH is 1. The summed E-state index contributed by atoms with van der Waals surface area (Å²) in [4.78, 5) is 21.7. The van der Waals surface area contributed by atoms with Crippen LogP contribution in [0, 0.1) is 6.92 Å². The van der Waals surface area contributed by atoms with E-state index in [1.165, 1.54) is 0 Å². The average Bonchev–Trinajstić information content (AvgIpc) is 3.42. The minimum absolute atomic E-state index is 0.0593. The number of ether oxygens (including phenoxy) is 1. The zero-order chi connectivity index (χ0) is 21.5. The van der Waals surface area contributed by atoms with E-state index in [4.69, 9.17) is 4.74 Å². The van der Waals surface area contributed by atoms with Crippen LogP contribution in [0.3, 0.4) is 0 Å². The van der Waals surface area contributed by atoms with E-state index in [9.17, 15) is 9.90 Å². The summed E-state index contributed by atoms with van der Waals surface area (Å²) in [5, 5.41) is 14.7. The second kappa shape index (κ2) is 8.09. The Kier molecular flexibility index (Phi) is 5.27. The van der Waals surface area contributed by atoms with Gasteiger partial charge in [-0.3, -0.25) is 9.48 Å². The molecule has 3 aromatic heterocycles. The fourth-order valence-electron chi connectivity index (χ4n) is 4.49. The van der Waals surface area contributed by atoms with Crippen molar-refractivity contribution in [2.24, 2.45) is 7.05 Å². The normalized spacial score (nSPS) is 20.9. The van der Waals surface area contributed by atoms with E-state index in [2.05, 4.69) is 22.2 Å². The summed E-state index contributed by atoms with van der Waals surface area (Å²) in [6.07, 6.45) is 6.47. The SMILES string of the molecule is Cc1nn(C)cc1-c1ccc(CN2Cc3ccnc(O[C@H]4CCCC[C@@H]4O)c3C2=O)s1. The number of aryl methyl sites for hydroxylation is 2. The molecule has 31 heavy (non-hydrogen) atoms. The number of thiophene rings is 1. The first-order chi connectivity index (χ1) is 15.0. The molecule has 2 atom stereocenters. The molecule has 1 aliphatic heterocycles. The Bertz CT molecular complexity index is 1120. The van der Waals surface area contributed by atoms with Crippen molar-refractivity contribution in [1.29, 1.82) is 0 Å². The monoisotopic (exact) mass is 438 g/mol. The lowest BCUT2D eigenvalue weighted by atomic mass is 9.95. The van der Waals surface area contributed by atoms with Crippen LogP contribution in [0.5, 0.6) is 5.88 Å². The number of hydrogen-bond acceptors (Lipinski definition) is 6. The van der Waals surface area contributed by atoms with Crippen LogP contribution in [0.2, 0.25) is 0 Å². The Morgan fingerprint density at radius 2 is 2.10 bits per heavy atom. The first-order valence-electron chi connectivity index (χ1n) is 10.7. The summed E-state index contributed by atoms with van der Waals surface area (Å²) in [6, 6.07) is 6.06. The summed E-state index contributed by atoms with van der Waals surface area (Å²) in [7, 11) is 1.92. The summed E-state index contributed by atoms with van der Waals surface area (Å²) >= 11 is 1.69. The van der Waals surface area contributed by atoms with Gasteiger partial charge in [-0.05, 0) is 49.9 Å². The predicted molar refractivity (Wildman–Crippen MR) is 118 cm³/mol. The number of pyridine rings is 1. The average molecular weight is 439 g/mol. The number of aliphatic hydroxyl groups is 1. The lowest BCUT2D eigenvalue weighted by molar-refractivity contribution is 0.00397. The molecule has 3 aromatic rings. The van der Waals surface area contributed by atoms with E-state index in [1.54, 1.807) is 17.5 Å². The number of hydrogen-bond donors (Lipinski definition) is 1. The molecule has 7 nitrogen and oxygen atoms in total. The van der Waals surface area contributed by atoms with Gasteiger partial charge in [0.05, 0.1) is 18.3 Å². The van der Waals surface area contributed by atoms with Crippen molar-refractivity contribution in [3.63, 3.8) is 0 Å². The van der Waals surface area contributed by atoms with Gasteiger partial charge in [-0.15, -0.1) is 11.3 Å². The quantitative estimate of drug-likeness (QED) is 0.657. The Hall–Kier alpha value is -2.71. The number of rotatable bonds is 5. The molecule has 1 saturated carbocycles. The Balaban J connectivity index is 1.33. The molecule has 1 aliphatic carbocycles. The predicted octanol–water partition coefficient (Wildman–Crippen LogP) is 3.69. The number of carbonyl (C=O) groups is 1. The molecule has 0 saturated heterocycles. The maximum absolute atomic E-state index is 13.2. The summed E-state index contributed by atoms with van der Waals surface area (Å²) in [5.74, 6) is 0.296. The molecular weight excluding hydrogens is 412 g/mol. The van der Waals surface area contributed by atoms with Gasteiger partial charge in [0.1, 0.15) is 11.7 Å². The molecule has 0 unspecified atom stereocenters. The zero-order valence-electron chi connectivity index (χ0n) is 17.7. The van der Waals surface area contributed by atoms with Crippen LogP contribution in [-0.2, 0) is 20.1 Å². The van der Waals surface area contributed by atoms with Crippen LogP contribution in [-0.4, -0.2) is 42.9 Å². The van der Waals surface area contributed by atoms with Crippen molar-refractivity contribution in [2.75, 3.05) is 0 Å². The van der Waals surface area contributed by atoms with E-state index in [1.807, 2.05) is 35.8 Å². The highest BCUT2D eigenvalue weighted by atomic mass is 32.1. The third-order valence-electron chi connectivity index (χ3n) is 6.08. The molecule has 0 spiro atoms. The van der Waals surface area contributed by atoms with Crippen molar-refractivity contribution in [3.8, 4) is 16.3 Å². The molecule has 1 amide bonds. The Morgan fingerprint density at radius 1 is 1.26 bits per heavy atom. The molecule has 0 bridgehead atoms. The second-order valence-electron chi connectivity index (χ2n) is 8.39. The van der Waals surface area contributed by atoms with Gasteiger partial charge in [-0.1, -0.05) is 6.42 Å². The minimum Gasteiger partial charge on any atom is -0.471 e. The van der Waals surface area contributed by atoms with E-state index in [0.717, 1.165) is 52.3 Å². The van der Waals surface area contributed by atoms with Gasteiger partial charge in [-0.2, -0.15) is 5.10 Å². The zero-order valence-corrected chi connectivity index (χ0v) is 18.6. The van der Waals surface area contributed by atoms with Crippen LogP contribution in [0.4, 0.5) is 0 Å². The summed E-state index contributed by atoms with van der Waals surface area (Å²) in [5.41, 5.74) is 3.60. The number of fused-ring (bicyclic) bond motifs is 1. The number of nitrogens with zero attached hydrogens (tertiary/aromatic N) is 4. The first kappa shape index (κ1) is 20.2. The van der Waals surface area contributed by atoms with E-state index in [0.29, 0.717) is 24.5 Å². The molecule has 1 fully saturated rings. The molecule has 162 valence electrons. The summed E-state index contributed by atoms with van der Waals surface area (Å²) in [6.45, 7) is 3.09. The van der Waals surface area contributed by atoms with Crippen LogP contribution in [0.25, 0.3) is 10.4 Å². The molecule has 0 aromatic carbocycles. The molecular formula is C23H26N4O3S. The van der Waals surface area contributed by atoms with Crippen molar-refractivity contribution in [2.45, 2.75) is 57.9 Å². The Morgan fingerprint density at radius 3 is 2.87 bits per heavy atom. The highest BCUT2D eigenvalue weighted by Gasteiger charge is 2.34. The van der Waals surface area contributed by atoms with Gasteiger partial charge in [-0.25, -0.2) is 4.98 Å². The van der Waals surface area contributed by atoms with E-state index in [-0.39, 0.29) is 12.0 Å².